The molecule has 0 aliphatic rings. The van der Waals surface area contributed by atoms with E-state index in [1.54, 1.807) is 0 Å². The standard InChI is InChI=1S/C36H24N2S/c1-3-9-24(10-4-1)25-15-17-26(18-16-25)37-27-19-21-32-31(23-27)35-33(38(32)28-11-5-2-6-12-28)22-20-30-29-13-7-8-14-34(29)39-36(30)35/h1-23,37H. The molecular formula is C36H24N2S. The average Bonchev–Trinajstić information content (AvgIpc) is 3.54. The summed E-state index contributed by atoms with van der Waals surface area (Å²) in [5, 5.41) is 8.88. The Hall–Kier alpha value is -4.86. The fraction of sp³-hybridized carbons (Fsp3) is 0. The third-order valence-corrected chi connectivity index (χ3v) is 8.77. The predicted octanol–water partition coefficient (Wildman–Crippen LogP) is 10.6. The van der Waals surface area contributed by atoms with Crippen LogP contribution in [0.5, 0.6) is 0 Å². The summed E-state index contributed by atoms with van der Waals surface area (Å²) in [6.07, 6.45) is 0. The van der Waals surface area contributed by atoms with Gasteiger partial charge in [0.15, 0.2) is 0 Å². The Morgan fingerprint density at radius 3 is 1.97 bits per heavy atom. The molecule has 8 rings (SSSR count). The molecule has 0 aliphatic carbocycles. The van der Waals surface area contributed by atoms with Gasteiger partial charge in [-0.2, -0.15) is 0 Å². The smallest absolute Gasteiger partial charge is 0.0555 e. The molecule has 0 radical (unpaired) electrons. The summed E-state index contributed by atoms with van der Waals surface area (Å²) < 4.78 is 5.07. The maximum Gasteiger partial charge on any atom is 0.0555 e. The van der Waals surface area contributed by atoms with Crippen LogP contribution in [-0.2, 0) is 0 Å². The van der Waals surface area contributed by atoms with Crippen LogP contribution in [-0.4, -0.2) is 4.57 Å². The van der Waals surface area contributed by atoms with Gasteiger partial charge in [0, 0.05) is 48.0 Å². The Kier molecular flexibility index (Phi) is 5.04. The van der Waals surface area contributed by atoms with Gasteiger partial charge in [0.2, 0.25) is 0 Å². The first-order chi connectivity index (χ1) is 19.3. The highest BCUT2D eigenvalue weighted by molar-refractivity contribution is 7.26. The summed E-state index contributed by atoms with van der Waals surface area (Å²) in [7, 11) is 0. The van der Waals surface area contributed by atoms with Crippen molar-refractivity contribution in [3.8, 4) is 16.8 Å². The van der Waals surface area contributed by atoms with Crippen LogP contribution >= 0.6 is 11.3 Å². The van der Waals surface area contributed by atoms with Crippen LogP contribution in [0.4, 0.5) is 11.4 Å². The van der Waals surface area contributed by atoms with Gasteiger partial charge in [0.25, 0.3) is 0 Å². The second kappa shape index (κ2) is 8.87. The quantitative estimate of drug-likeness (QED) is 0.246. The molecule has 0 amide bonds. The fourth-order valence-corrected chi connectivity index (χ4v) is 7.02. The third-order valence-electron chi connectivity index (χ3n) is 7.57. The van der Waals surface area contributed by atoms with E-state index in [-0.39, 0.29) is 0 Å². The molecule has 0 saturated heterocycles. The van der Waals surface area contributed by atoms with Gasteiger partial charge in [0.1, 0.15) is 0 Å². The van der Waals surface area contributed by atoms with E-state index in [0.29, 0.717) is 0 Å². The maximum absolute atomic E-state index is 3.66. The molecule has 0 spiro atoms. The Labute approximate surface area is 230 Å². The number of fused-ring (bicyclic) bond motifs is 7. The number of hydrogen-bond donors (Lipinski definition) is 1. The van der Waals surface area contributed by atoms with Crippen LogP contribution < -0.4 is 5.32 Å². The zero-order valence-corrected chi connectivity index (χ0v) is 22.0. The fourth-order valence-electron chi connectivity index (χ4n) is 5.76. The van der Waals surface area contributed by atoms with E-state index in [0.717, 1.165) is 11.4 Å². The van der Waals surface area contributed by atoms with Gasteiger partial charge in [-0.05, 0) is 65.7 Å². The number of para-hydroxylation sites is 1. The third kappa shape index (κ3) is 3.63. The van der Waals surface area contributed by atoms with Crippen molar-refractivity contribution in [2.45, 2.75) is 0 Å². The second-order valence-electron chi connectivity index (χ2n) is 9.91. The summed E-state index contributed by atoms with van der Waals surface area (Å²) >= 11 is 1.89. The zero-order chi connectivity index (χ0) is 25.8. The van der Waals surface area contributed by atoms with Crippen molar-refractivity contribution < 1.29 is 0 Å². The van der Waals surface area contributed by atoms with Crippen LogP contribution in [0, 0.1) is 0 Å². The van der Waals surface area contributed by atoms with Gasteiger partial charge in [-0.15, -0.1) is 11.3 Å². The molecule has 8 aromatic rings. The van der Waals surface area contributed by atoms with Crippen molar-refractivity contribution in [1.82, 2.24) is 4.57 Å². The molecule has 2 aromatic heterocycles. The van der Waals surface area contributed by atoms with Crippen LogP contribution in [0.15, 0.2) is 140 Å². The molecule has 0 atom stereocenters. The van der Waals surface area contributed by atoms with Gasteiger partial charge >= 0.3 is 0 Å². The number of rotatable bonds is 4. The average molecular weight is 517 g/mol. The largest absolute Gasteiger partial charge is 0.356 e. The number of hydrogen-bond acceptors (Lipinski definition) is 2. The number of nitrogens with zero attached hydrogens (tertiary/aromatic N) is 1. The molecule has 2 nitrogen and oxygen atoms in total. The van der Waals surface area contributed by atoms with Crippen LogP contribution in [0.2, 0.25) is 0 Å². The summed E-state index contributed by atoms with van der Waals surface area (Å²) in [6.45, 7) is 0. The molecule has 184 valence electrons. The number of nitrogens with one attached hydrogen (secondary N) is 1. The van der Waals surface area contributed by atoms with Crippen molar-refractivity contribution in [1.29, 1.82) is 0 Å². The van der Waals surface area contributed by atoms with Gasteiger partial charge in [-0.3, -0.25) is 0 Å². The lowest BCUT2D eigenvalue weighted by molar-refractivity contribution is 1.18. The number of benzene rings is 6. The zero-order valence-electron chi connectivity index (χ0n) is 21.1. The summed E-state index contributed by atoms with van der Waals surface area (Å²) in [4.78, 5) is 0. The minimum absolute atomic E-state index is 1.08. The van der Waals surface area contributed by atoms with Crippen molar-refractivity contribution in [3.63, 3.8) is 0 Å². The van der Waals surface area contributed by atoms with E-state index < -0.39 is 0 Å². The lowest BCUT2D eigenvalue weighted by atomic mass is 10.1. The highest BCUT2D eigenvalue weighted by atomic mass is 32.1. The normalized spacial score (nSPS) is 11.6. The molecule has 0 fully saturated rings. The number of thiophene rings is 1. The van der Waals surface area contributed by atoms with Crippen molar-refractivity contribution in [3.05, 3.63) is 140 Å². The molecule has 0 aliphatic heterocycles. The molecule has 39 heavy (non-hydrogen) atoms. The van der Waals surface area contributed by atoms with E-state index >= 15 is 0 Å². The topological polar surface area (TPSA) is 17.0 Å². The highest BCUT2D eigenvalue weighted by Gasteiger charge is 2.17. The van der Waals surface area contributed by atoms with E-state index in [4.69, 9.17) is 0 Å². The molecule has 3 heteroatoms. The Morgan fingerprint density at radius 2 is 1.15 bits per heavy atom. The highest BCUT2D eigenvalue weighted by Crippen LogP contribution is 2.43. The lowest BCUT2D eigenvalue weighted by Gasteiger charge is -2.10. The number of anilines is 2. The molecule has 0 saturated carbocycles. The Balaban J connectivity index is 1.31. The summed E-state index contributed by atoms with van der Waals surface area (Å²) in [5.74, 6) is 0. The first-order valence-corrected chi connectivity index (χ1v) is 14.0. The molecule has 6 aromatic carbocycles. The predicted molar refractivity (Wildman–Crippen MR) is 169 cm³/mol. The van der Waals surface area contributed by atoms with E-state index in [2.05, 4.69) is 149 Å². The Morgan fingerprint density at radius 1 is 0.487 bits per heavy atom. The van der Waals surface area contributed by atoms with Crippen LogP contribution in [0.25, 0.3) is 58.8 Å². The van der Waals surface area contributed by atoms with Crippen LogP contribution in [0.3, 0.4) is 0 Å². The summed E-state index contributed by atoms with van der Waals surface area (Å²) in [6, 6.07) is 49.9. The second-order valence-corrected chi connectivity index (χ2v) is 11.0. The van der Waals surface area contributed by atoms with E-state index in [1.165, 1.54) is 58.8 Å². The Bertz CT molecular complexity index is 2120. The molecule has 0 unspecified atom stereocenters. The molecular weight excluding hydrogens is 492 g/mol. The van der Waals surface area contributed by atoms with Gasteiger partial charge in [-0.25, -0.2) is 0 Å². The first-order valence-electron chi connectivity index (χ1n) is 13.2. The van der Waals surface area contributed by atoms with E-state index in [1.807, 2.05) is 11.3 Å². The van der Waals surface area contributed by atoms with Gasteiger partial charge in [-0.1, -0.05) is 84.9 Å². The molecule has 1 N–H and O–H groups in total. The first kappa shape index (κ1) is 22.2. The minimum atomic E-state index is 1.08. The molecule has 2 heterocycles. The number of aromatic nitrogens is 1. The molecule has 0 bridgehead atoms. The van der Waals surface area contributed by atoms with Crippen LogP contribution in [0.1, 0.15) is 0 Å². The van der Waals surface area contributed by atoms with Crippen molar-refractivity contribution in [2.24, 2.45) is 0 Å². The van der Waals surface area contributed by atoms with Gasteiger partial charge in [0.05, 0.1) is 11.0 Å². The lowest BCUT2D eigenvalue weighted by Crippen LogP contribution is -1.93. The van der Waals surface area contributed by atoms with Gasteiger partial charge < -0.3 is 9.88 Å². The van der Waals surface area contributed by atoms with Crippen molar-refractivity contribution >= 4 is 64.7 Å². The van der Waals surface area contributed by atoms with E-state index in [9.17, 15) is 0 Å². The monoisotopic (exact) mass is 516 g/mol. The van der Waals surface area contributed by atoms with Crippen molar-refractivity contribution in [2.75, 3.05) is 5.32 Å². The summed E-state index contributed by atoms with van der Waals surface area (Å²) in [5.41, 5.74) is 8.23. The SMILES string of the molecule is c1ccc(-c2ccc(Nc3ccc4c(c3)c3c5sc6ccccc6c5ccc3n4-c3ccccc3)cc2)cc1. The maximum atomic E-state index is 3.66. The minimum Gasteiger partial charge on any atom is -0.356 e.